The van der Waals surface area contributed by atoms with Crippen LogP contribution in [0.25, 0.3) is 0 Å². The molecule has 1 fully saturated rings. The molecule has 180 valence electrons. The van der Waals surface area contributed by atoms with Crippen LogP contribution in [0.3, 0.4) is 0 Å². The van der Waals surface area contributed by atoms with E-state index in [1.807, 2.05) is 17.0 Å². The Morgan fingerprint density at radius 3 is 2.56 bits per heavy atom. The van der Waals surface area contributed by atoms with Gasteiger partial charge in [-0.3, -0.25) is 4.79 Å². The monoisotopic (exact) mass is 510 g/mol. The molecule has 11 heteroatoms. The highest BCUT2D eigenvalue weighted by atomic mass is 35.5. The normalized spacial score (nSPS) is 17.2. The lowest BCUT2D eigenvalue weighted by molar-refractivity contribution is -0.137. The molecule has 2 N–H and O–H groups in total. The zero-order valence-corrected chi connectivity index (χ0v) is 19.6. The molecular weight excluding hydrogens is 489 g/mol. The number of piperidine rings is 1. The van der Waals surface area contributed by atoms with Crippen molar-refractivity contribution in [3.05, 3.63) is 64.7 Å². The highest BCUT2D eigenvalue weighted by molar-refractivity contribution is 7.80. The second-order valence-corrected chi connectivity index (χ2v) is 9.12. The minimum absolute atomic E-state index is 0.278. The van der Waals surface area contributed by atoms with E-state index in [0.29, 0.717) is 54.7 Å². The topological polar surface area (TPSA) is 66.0 Å². The molecule has 6 nitrogen and oxygen atoms in total. The van der Waals surface area contributed by atoms with Gasteiger partial charge in [0.1, 0.15) is 11.3 Å². The van der Waals surface area contributed by atoms with Gasteiger partial charge in [-0.15, -0.1) is 0 Å². The molecule has 0 aliphatic carbocycles. The van der Waals surface area contributed by atoms with E-state index in [1.54, 1.807) is 12.1 Å². The number of likely N-dealkylation sites (tertiary alicyclic amines) is 1. The molecule has 2 aliphatic rings. The molecule has 2 heterocycles. The molecule has 1 amide bonds. The van der Waals surface area contributed by atoms with E-state index in [4.69, 9.17) is 28.7 Å². The van der Waals surface area contributed by atoms with E-state index in [-0.39, 0.29) is 11.6 Å². The summed E-state index contributed by atoms with van der Waals surface area (Å²) in [6.45, 7) is 1.41. The van der Waals surface area contributed by atoms with Gasteiger partial charge in [0.25, 0.3) is 5.91 Å². The maximum atomic E-state index is 12.9. The third-order valence-electron chi connectivity index (χ3n) is 5.87. The zero-order valence-electron chi connectivity index (χ0n) is 18.0. The molecule has 0 bridgehead atoms. The van der Waals surface area contributed by atoms with E-state index in [9.17, 15) is 18.0 Å². The molecule has 4 rings (SSSR count). The molecule has 0 saturated carbocycles. The van der Waals surface area contributed by atoms with Crippen molar-refractivity contribution in [2.24, 2.45) is 5.16 Å². The first kappa shape index (κ1) is 24.3. The Hall–Kier alpha value is -2.85. The Morgan fingerprint density at radius 2 is 1.88 bits per heavy atom. The molecule has 0 radical (unpaired) electrons. The predicted molar refractivity (Wildman–Crippen MR) is 128 cm³/mol. The third kappa shape index (κ3) is 5.79. The molecule has 1 saturated heterocycles. The number of thiocarbonyl (C=S) groups is 1. The maximum absolute atomic E-state index is 12.9. The number of hydrogen-bond donors (Lipinski definition) is 2. The lowest BCUT2D eigenvalue weighted by atomic mass is 9.87. The third-order valence-corrected chi connectivity index (χ3v) is 6.48. The SMILES string of the molecule is O=C(NCc1ccc(Cl)cc1)C1=NOC2(CCN(C(=S)Nc3cccc(C(F)(F)F)c3)CC2)C1. The fourth-order valence-corrected chi connectivity index (χ4v) is 4.32. The van der Waals surface area contributed by atoms with Crippen LogP contribution >= 0.6 is 23.8 Å². The van der Waals surface area contributed by atoms with E-state index < -0.39 is 17.3 Å². The number of benzene rings is 2. The summed E-state index contributed by atoms with van der Waals surface area (Å²) in [5, 5.41) is 10.7. The van der Waals surface area contributed by atoms with Crippen molar-refractivity contribution in [3.63, 3.8) is 0 Å². The molecule has 1 spiro atoms. The van der Waals surface area contributed by atoms with Crippen LogP contribution in [0, 0.1) is 0 Å². The number of carbonyl (C=O) groups is 1. The van der Waals surface area contributed by atoms with Crippen LogP contribution in [-0.4, -0.2) is 40.3 Å². The average Bonchev–Trinajstić information content (AvgIpc) is 3.22. The lowest BCUT2D eigenvalue weighted by Gasteiger charge is -2.38. The standard InChI is InChI=1S/C23H22ClF3N4O2S/c24-17-6-4-15(5-7-17)14-28-20(32)19-13-22(33-30-19)8-10-31(11-9-22)21(34)29-18-3-1-2-16(12-18)23(25,26)27/h1-7,12H,8-11,13-14H2,(H,28,32)(H,29,34). The number of amides is 1. The minimum Gasteiger partial charge on any atom is -0.388 e. The first-order chi connectivity index (χ1) is 16.1. The zero-order chi connectivity index (χ0) is 24.3. The number of hydrogen-bond acceptors (Lipinski definition) is 4. The molecule has 0 aromatic heterocycles. The number of rotatable bonds is 4. The molecule has 2 aliphatic heterocycles. The number of anilines is 1. The van der Waals surface area contributed by atoms with E-state index in [2.05, 4.69) is 15.8 Å². The number of alkyl halides is 3. The summed E-state index contributed by atoms with van der Waals surface area (Å²) in [4.78, 5) is 20.1. The van der Waals surface area contributed by atoms with Crippen LogP contribution < -0.4 is 10.6 Å². The minimum atomic E-state index is -4.42. The Morgan fingerprint density at radius 1 is 1.18 bits per heavy atom. The van der Waals surface area contributed by atoms with Crippen molar-refractivity contribution in [2.45, 2.75) is 37.6 Å². The van der Waals surface area contributed by atoms with Crippen LogP contribution in [0.15, 0.2) is 53.7 Å². The van der Waals surface area contributed by atoms with Crippen molar-refractivity contribution < 1.29 is 22.8 Å². The second kappa shape index (κ2) is 9.79. The number of nitrogens with zero attached hydrogens (tertiary/aromatic N) is 2. The highest BCUT2D eigenvalue weighted by Gasteiger charge is 2.44. The summed E-state index contributed by atoms with van der Waals surface area (Å²) < 4.78 is 38.8. The van der Waals surface area contributed by atoms with Gasteiger partial charge in [-0.25, -0.2) is 0 Å². The van der Waals surface area contributed by atoms with E-state index >= 15 is 0 Å². The summed E-state index contributed by atoms with van der Waals surface area (Å²) >= 11 is 11.3. The van der Waals surface area contributed by atoms with Gasteiger partial charge in [-0.05, 0) is 48.1 Å². The Bertz CT molecular complexity index is 1100. The van der Waals surface area contributed by atoms with Crippen LogP contribution in [-0.2, 0) is 22.4 Å². The van der Waals surface area contributed by atoms with E-state index in [1.165, 1.54) is 12.1 Å². The summed E-state index contributed by atoms with van der Waals surface area (Å²) in [7, 11) is 0. The quantitative estimate of drug-likeness (QED) is 0.568. The maximum Gasteiger partial charge on any atom is 0.416 e. The Kier molecular flexibility index (Phi) is 6.99. The molecule has 2 aromatic carbocycles. The van der Waals surface area contributed by atoms with Crippen LogP contribution in [0.4, 0.5) is 18.9 Å². The second-order valence-electron chi connectivity index (χ2n) is 8.29. The smallest absolute Gasteiger partial charge is 0.388 e. The first-order valence-corrected chi connectivity index (χ1v) is 11.4. The predicted octanol–water partition coefficient (Wildman–Crippen LogP) is 4.98. The van der Waals surface area contributed by atoms with E-state index in [0.717, 1.165) is 17.7 Å². The molecule has 34 heavy (non-hydrogen) atoms. The van der Waals surface area contributed by atoms with Crippen molar-refractivity contribution >= 4 is 46.2 Å². The van der Waals surface area contributed by atoms with Crippen molar-refractivity contribution in [3.8, 4) is 0 Å². The fraction of sp³-hybridized carbons (Fsp3) is 0.348. The number of oxime groups is 1. The van der Waals surface area contributed by atoms with Crippen molar-refractivity contribution in [1.82, 2.24) is 10.2 Å². The summed E-state index contributed by atoms with van der Waals surface area (Å²) in [6.07, 6.45) is -2.87. The van der Waals surface area contributed by atoms with Gasteiger partial charge < -0.3 is 20.4 Å². The Labute approximate surface area is 205 Å². The summed E-state index contributed by atoms with van der Waals surface area (Å²) in [5.74, 6) is -0.281. The van der Waals surface area contributed by atoms with Gasteiger partial charge in [-0.2, -0.15) is 13.2 Å². The van der Waals surface area contributed by atoms with Crippen LogP contribution in [0.1, 0.15) is 30.4 Å². The summed E-state index contributed by atoms with van der Waals surface area (Å²) in [6, 6.07) is 12.1. The molecular formula is C23H22ClF3N4O2S. The average molecular weight is 511 g/mol. The summed E-state index contributed by atoms with van der Waals surface area (Å²) in [5.41, 5.74) is 0.223. The van der Waals surface area contributed by atoms with Gasteiger partial charge in [0.05, 0.1) is 5.56 Å². The first-order valence-electron chi connectivity index (χ1n) is 10.6. The fourth-order valence-electron chi connectivity index (χ4n) is 3.89. The molecule has 0 unspecified atom stereocenters. The van der Waals surface area contributed by atoms with Gasteiger partial charge in [-0.1, -0.05) is 35.0 Å². The number of nitrogens with one attached hydrogen (secondary N) is 2. The van der Waals surface area contributed by atoms with Crippen molar-refractivity contribution in [2.75, 3.05) is 18.4 Å². The number of carbonyl (C=O) groups excluding carboxylic acids is 1. The lowest BCUT2D eigenvalue weighted by Crippen LogP contribution is -2.48. The van der Waals surface area contributed by atoms with Gasteiger partial charge in [0.15, 0.2) is 5.11 Å². The van der Waals surface area contributed by atoms with Gasteiger partial charge in [0, 0.05) is 49.6 Å². The largest absolute Gasteiger partial charge is 0.416 e. The van der Waals surface area contributed by atoms with Crippen LogP contribution in [0.2, 0.25) is 5.02 Å². The van der Waals surface area contributed by atoms with Gasteiger partial charge in [0.2, 0.25) is 0 Å². The van der Waals surface area contributed by atoms with Crippen molar-refractivity contribution in [1.29, 1.82) is 0 Å². The van der Waals surface area contributed by atoms with Gasteiger partial charge >= 0.3 is 6.18 Å². The molecule has 2 aromatic rings. The molecule has 0 atom stereocenters. The van der Waals surface area contributed by atoms with Crippen LogP contribution in [0.5, 0.6) is 0 Å². The number of halogens is 4. The highest BCUT2D eigenvalue weighted by Crippen LogP contribution is 2.35. The Balaban J connectivity index is 1.26.